The highest BCUT2D eigenvalue weighted by Crippen LogP contribution is 2.28. The minimum Gasteiger partial charge on any atom is -0.465 e. The van der Waals surface area contributed by atoms with Gasteiger partial charge in [-0.05, 0) is 49.9 Å². The lowest BCUT2D eigenvalue weighted by Gasteiger charge is -2.38. The van der Waals surface area contributed by atoms with Crippen molar-refractivity contribution in [1.29, 1.82) is 0 Å². The first-order valence-electron chi connectivity index (χ1n) is 10.2. The lowest BCUT2D eigenvalue weighted by Crippen LogP contribution is -2.50. The zero-order chi connectivity index (χ0) is 21.0. The van der Waals surface area contributed by atoms with Crippen molar-refractivity contribution in [3.8, 4) is 0 Å². The van der Waals surface area contributed by atoms with Crippen LogP contribution >= 0.6 is 0 Å². The first kappa shape index (κ1) is 21.6. The van der Waals surface area contributed by atoms with Crippen molar-refractivity contribution >= 4 is 27.4 Å². The van der Waals surface area contributed by atoms with Crippen LogP contribution in [0.15, 0.2) is 18.2 Å². The van der Waals surface area contributed by atoms with Gasteiger partial charge in [0.15, 0.2) is 9.84 Å². The molecule has 2 fully saturated rings. The number of sulfone groups is 1. The number of hydrogen-bond acceptors (Lipinski definition) is 6. The van der Waals surface area contributed by atoms with Crippen LogP contribution in [0.25, 0.3) is 0 Å². The molecule has 1 aromatic rings. The van der Waals surface area contributed by atoms with Crippen LogP contribution in [0.5, 0.6) is 0 Å². The summed E-state index contributed by atoms with van der Waals surface area (Å²) >= 11 is 0. The summed E-state index contributed by atoms with van der Waals surface area (Å²) in [6.45, 7) is 1.97. The molecule has 1 atom stereocenters. The highest BCUT2D eigenvalue weighted by Gasteiger charge is 2.38. The van der Waals surface area contributed by atoms with Crippen molar-refractivity contribution in [2.45, 2.75) is 57.5 Å². The van der Waals surface area contributed by atoms with Gasteiger partial charge >= 0.3 is 5.97 Å². The maximum absolute atomic E-state index is 13.1. The van der Waals surface area contributed by atoms with Crippen molar-refractivity contribution in [2.75, 3.05) is 30.5 Å². The average Bonchev–Trinajstić information content (AvgIpc) is 3.06. The number of carbonyl (C=O) groups is 2. The van der Waals surface area contributed by atoms with Crippen LogP contribution < -0.4 is 5.32 Å². The molecule has 1 aromatic carbocycles. The number of carbonyl (C=O) groups excluding carboxylic acids is 2. The maximum Gasteiger partial charge on any atom is 0.337 e. The number of nitrogens with zero attached hydrogens (tertiary/aromatic N) is 1. The van der Waals surface area contributed by atoms with Crippen LogP contribution in [0.4, 0.5) is 5.69 Å². The highest BCUT2D eigenvalue weighted by molar-refractivity contribution is 7.91. The molecule has 0 spiro atoms. The predicted octanol–water partition coefficient (Wildman–Crippen LogP) is 2.54. The zero-order valence-electron chi connectivity index (χ0n) is 17.1. The van der Waals surface area contributed by atoms with Gasteiger partial charge < -0.3 is 15.0 Å². The fourth-order valence-electron chi connectivity index (χ4n) is 4.43. The lowest BCUT2D eigenvalue weighted by atomic mass is 9.93. The Kier molecular flexibility index (Phi) is 6.82. The van der Waals surface area contributed by atoms with Crippen LogP contribution in [0, 0.1) is 6.92 Å². The summed E-state index contributed by atoms with van der Waals surface area (Å²) in [5, 5.41) is 3.17. The van der Waals surface area contributed by atoms with E-state index in [1.165, 1.54) is 13.5 Å². The molecule has 160 valence electrons. The number of esters is 1. The number of benzene rings is 1. The summed E-state index contributed by atoms with van der Waals surface area (Å²) in [6.07, 6.45) is 5.73. The first-order chi connectivity index (χ1) is 13.8. The van der Waals surface area contributed by atoms with Crippen LogP contribution in [0.3, 0.4) is 0 Å². The van der Waals surface area contributed by atoms with Crippen molar-refractivity contribution < 1.29 is 22.7 Å². The Morgan fingerprint density at radius 2 is 1.86 bits per heavy atom. The molecule has 1 heterocycles. The monoisotopic (exact) mass is 422 g/mol. The number of hydrogen-bond donors (Lipinski definition) is 1. The molecule has 0 radical (unpaired) electrons. The van der Waals surface area contributed by atoms with E-state index in [1.54, 1.807) is 18.2 Å². The Hall–Kier alpha value is -2.09. The summed E-state index contributed by atoms with van der Waals surface area (Å²) in [6, 6.07) is 5.05. The number of nitrogens with one attached hydrogen (secondary N) is 1. The minimum atomic E-state index is -3.06. The van der Waals surface area contributed by atoms with Gasteiger partial charge in [0.25, 0.3) is 0 Å². The van der Waals surface area contributed by atoms with Crippen molar-refractivity contribution in [3.63, 3.8) is 0 Å². The molecule has 8 heteroatoms. The molecule has 3 rings (SSSR count). The second-order valence-corrected chi connectivity index (χ2v) is 10.3. The minimum absolute atomic E-state index is 0.0598. The van der Waals surface area contributed by atoms with E-state index in [0.717, 1.165) is 36.9 Å². The van der Waals surface area contributed by atoms with E-state index >= 15 is 0 Å². The third-order valence-corrected chi connectivity index (χ3v) is 7.69. The predicted molar refractivity (Wildman–Crippen MR) is 112 cm³/mol. The first-order valence-corrected chi connectivity index (χ1v) is 12.1. The van der Waals surface area contributed by atoms with Crippen LogP contribution in [0.1, 0.15) is 54.4 Å². The van der Waals surface area contributed by atoms with E-state index in [-0.39, 0.29) is 36.0 Å². The summed E-state index contributed by atoms with van der Waals surface area (Å²) < 4.78 is 28.7. The highest BCUT2D eigenvalue weighted by atomic mass is 32.2. The molecule has 29 heavy (non-hydrogen) atoms. The molecule has 7 nitrogen and oxygen atoms in total. The van der Waals surface area contributed by atoms with Gasteiger partial charge in [-0.3, -0.25) is 4.79 Å². The third-order valence-electron chi connectivity index (χ3n) is 5.94. The van der Waals surface area contributed by atoms with Gasteiger partial charge in [-0.1, -0.05) is 19.3 Å². The van der Waals surface area contributed by atoms with E-state index in [1.807, 2.05) is 11.8 Å². The molecule has 1 aliphatic heterocycles. The topological polar surface area (TPSA) is 92.8 Å². The fourth-order valence-corrected chi connectivity index (χ4v) is 6.14. The van der Waals surface area contributed by atoms with Gasteiger partial charge in [-0.2, -0.15) is 0 Å². The Morgan fingerprint density at radius 1 is 1.14 bits per heavy atom. The lowest BCUT2D eigenvalue weighted by molar-refractivity contribution is -0.134. The number of rotatable bonds is 6. The number of aryl methyl sites for hydroxylation is 1. The SMILES string of the molecule is COC(=O)c1ccc(NCC(=O)N(C2CCCCC2)C2CCS(=O)(=O)C2)c(C)c1. The van der Waals surface area contributed by atoms with Crippen LogP contribution in [-0.2, 0) is 19.4 Å². The molecule has 0 aromatic heterocycles. The Morgan fingerprint density at radius 3 is 2.45 bits per heavy atom. The number of anilines is 1. The Balaban J connectivity index is 1.70. The Bertz CT molecular complexity index is 862. The Labute approximate surface area is 172 Å². The molecule has 1 unspecified atom stereocenters. The van der Waals surface area contributed by atoms with E-state index < -0.39 is 15.8 Å². The fraction of sp³-hybridized carbons (Fsp3) is 0.619. The molecule has 1 aliphatic carbocycles. The van der Waals surface area contributed by atoms with Crippen LogP contribution in [-0.4, -0.2) is 62.4 Å². The normalized spacial score (nSPS) is 21.5. The van der Waals surface area contributed by atoms with Gasteiger partial charge in [-0.25, -0.2) is 13.2 Å². The van der Waals surface area contributed by atoms with E-state index in [0.29, 0.717) is 12.0 Å². The van der Waals surface area contributed by atoms with Crippen molar-refractivity contribution in [2.24, 2.45) is 0 Å². The van der Waals surface area contributed by atoms with Gasteiger partial charge in [0.1, 0.15) is 0 Å². The largest absolute Gasteiger partial charge is 0.465 e. The number of amides is 1. The van der Waals surface area contributed by atoms with Gasteiger partial charge in [-0.15, -0.1) is 0 Å². The molecule has 0 bridgehead atoms. The molecule has 1 saturated carbocycles. The van der Waals surface area contributed by atoms with Crippen LogP contribution in [0.2, 0.25) is 0 Å². The van der Waals surface area contributed by atoms with Crippen molar-refractivity contribution in [1.82, 2.24) is 4.90 Å². The molecular formula is C21H30N2O5S. The molecule has 1 saturated heterocycles. The second-order valence-electron chi connectivity index (χ2n) is 8.02. The standard InChI is InChI=1S/C21H30N2O5S/c1-15-12-16(21(25)28-2)8-9-19(15)22-13-20(24)23(17-6-4-3-5-7-17)18-10-11-29(26,27)14-18/h8-9,12,17-18,22H,3-7,10-11,13-14H2,1-2H3. The maximum atomic E-state index is 13.1. The van der Waals surface area contributed by atoms with Gasteiger partial charge in [0, 0.05) is 17.8 Å². The third kappa shape index (κ3) is 5.29. The summed E-state index contributed by atoms with van der Waals surface area (Å²) in [5.74, 6) is -0.227. The number of ether oxygens (including phenoxy) is 1. The molecule has 1 amide bonds. The summed E-state index contributed by atoms with van der Waals surface area (Å²) in [4.78, 5) is 26.7. The van der Waals surface area contributed by atoms with Gasteiger partial charge in [0.05, 0.1) is 30.7 Å². The molecular weight excluding hydrogens is 392 g/mol. The van der Waals surface area contributed by atoms with E-state index in [4.69, 9.17) is 4.74 Å². The summed E-state index contributed by atoms with van der Waals surface area (Å²) in [5.41, 5.74) is 2.07. The number of methoxy groups -OCH3 is 1. The van der Waals surface area contributed by atoms with E-state index in [9.17, 15) is 18.0 Å². The quantitative estimate of drug-likeness (QED) is 0.708. The molecule has 2 aliphatic rings. The molecule has 1 N–H and O–H groups in total. The van der Waals surface area contributed by atoms with Gasteiger partial charge in [0.2, 0.25) is 5.91 Å². The summed E-state index contributed by atoms with van der Waals surface area (Å²) in [7, 11) is -1.72. The zero-order valence-corrected chi connectivity index (χ0v) is 18.0. The van der Waals surface area contributed by atoms with Crippen molar-refractivity contribution in [3.05, 3.63) is 29.3 Å². The smallest absolute Gasteiger partial charge is 0.337 e. The van der Waals surface area contributed by atoms with E-state index in [2.05, 4.69) is 5.32 Å². The average molecular weight is 423 g/mol. The second kappa shape index (κ2) is 9.15.